The number of nitrogens with one attached hydrogen (secondary N) is 2. The van der Waals surface area contributed by atoms with E-state index in [1.54, 1.807) is 6.20 Å². The Morgan fingerprint density at radius 1 is 1.25 bits per heavy atom. The van der Waals surface area contributed by atoms with Crippen LogP contribution in [0.4, 0.5) is 11.5 Å². The van der Waals surface area contributed by atoms with E-state index in [4.69, 9.17) is 0 Å². The molecule has 0 saturated heterocycles. The molecule has 98 valence electrons. The van der Waals surface area contributed by atoms with Crippen LogP contribution < -0.4 is 5.32 Å². The molecule has 0 aliphatic rings. The van der Waals surface area contributed by atoms with Gasteiger partial charge < -0.3 is 14.7 Å². The molecule has 0 fully saturated rings. The summed E-state index contributed by atoms with van der Waals surface area (Å²) in [5.41, 5.74) is 2.85. The Balaban J connectivity index is 1.81. The Bertz CT molecular complexity index is 908. The molecule has 3 heterocycles. The largest absolute Gasteiger partial charge is 0.361 e. The highest BCUT2D eigenvalue weighted by Crippen LogP contribution is 2.24. The summed E-state index contributed by atoms with van der Waals surface area (Å²) >= 11 is 3.41. The zero-order valence-corrected chi connectivity index (χ0v) is 11.9. The van der Waals surface area contributed by atoms with Crippen molar-refractivity contribution in [3.63, 3.8) is 0 Å². The molecule has 0 spiro atoms. The van der Waals surface area contributed by atoms with E-state index in [9.17, 15) is 0 Å². The van der Waals surface area contributed by atoms with Crippen molar-refractivity contribution in [2.45, 2.75) is 0 Å². The Kier molecular flexibility index (Phi) is 2.50. The summed E-state index contributed by atoms with van der Waals surface area (Å²) in [4.78, 5) is 12.0. The Labute approximate surface area is 122 Å². The minimum absolute atomic E-state index is 0.718. The van der Waals surface area contributed by atoms with E-state index in [1.807, 2.05) is 35.1 Å². The maximum Gasteiger partial charge on any atom is 0.180 e. The first-order chi connectivity index (χ1) is 9.79. The number of benzene rings is 1. The van der Waals surface area contributed by atoms with Crippen molar-refractivity contribution in [2.24, 2.45) is 0 Å². The predicted molar refractivity (Wildman–Crippen MR) is 82.3 cm³/mol. The Morgan fingerprint density at radius 3 is 3.15 bits per heavy atom. The lowest BCUT2D eigenvalue weighted by molar-refractivity contribution is 1.10. The number of halogens is 1. The highest BCUT2D eigenvalue weighted by atomic mass is 79.9. The number of rotatable bonds is 2. The predicted octanol–water partition coefficient (Wildman–Crippen LogP) is 3.72. The van der Waals surface area contributed by atoms with Crippen LogP contribution in [0.25, 0.3) is 16.6 Å². The highest BCUT2D eigenvalue weighted by Gasteiger charge is 2.07. The molecule has 0 bridgehead atoms. The normalized spacial score (nSPS) is 11.2. The quantitative estimate of drug-likeness (QED) is 0.590. The van der Waals surface area contributed by atoms with Crippen molar-refractivity contribution in [3.05, 3.63) is 53.7 Å². The van der Waals surface area contributed by atoms with E-state index in [-0.39, 0.29) is 0 Å². The molecule has 6 heteroatoms. The van der Waals surface area contributed by atoms with Crippen molar-refractivity contribution in [1.29, 1.82) is 0 Å². The van der Waals surface area contributed by atoms with Crippen LogP contribution in [0.3, 0.4) is 0 Å². The van der Waals surface area contributed by atoms with Crippen LogP contribution in [0, 0.1) is 0 Å². The number of aromatic amines is 1. The van der Waals surface area contributed by atoms with E-state index < -0.39 is 0 Å². The zero-order chi connectivity index (χ0) is 13.5. The summed E-state index contributed by atoms with van der Waals surface area (Å²) in [7, 11) is 0. The minimum atomic E-state index is 0.718. The molecule has 0 radical (unpaired) electrons. The molecule has 0 aliphatic carbocycles. The maximum atomic E-state index is 4.45. The topological polar surface area (TPSA) is 58.0 Å². The number of aromatic nitrogens is 4. The molecule has 5 nitrogen and oxygen atoms in total. The van der Waals surface area contributed by atoms with Crippen molar-refractivity contribution < 1.29 is 0 Å². The van der Waals surface area contributed by atoms with Gasteiger partial charge in [0.1, 0.15) is 4.60 Å². The average molecular weight is 328 g/mol. The summed E-state index contributed by atoms with van der Waals surface area (Å²) in [6.07, 6.45) is 7.45. The molecule has 4 aromatic rings. The van der Waals surface area contributed by atoms with Gasteiger partial charge in [-0.25, -0.2) is 9.97 Å². The lowest BCUT2D eigenvalue weighted by atomic mass is 10.2. The van der Waals surface area contributed by atoms with Gasteiger partial charge >= 0.3 is 0 Å². The van der Waals surface area contributed by atoms with Crippen molar-refractivity contribution in [1.82, 2.24) is 19.4 Å². The van der Waals surface area contributed by atoms with E-state index >= 15 is 0 Å². The van der Waals surface area contributed by atoms with Gasteiger partial charge in [0, 0.05) is 36.0 Å². The number of hydrogen-bond donors (Lipinski definition) is 2. The summed E-state index contributed by atoms with van der Waals surface area (Å²) in [5, 5.41) is 4.50. The molecular weight excluding hydrogens is 318 g/mol. The number of H-pyrrole nitrogens is 1. The molecule has 1 aromatic carbocycles. The molecule has 0 saturated carbocycles. The van der Waals surface area contributed by atoms with Crippen LogP contribution in [0.15, 0.2) is 53.7 Å². The SMILES string of the molecule is Brc1cn2ccnc2c(Nc2ccc3cc[nH]c3c2)n1. The molecule has 0 atom stereocenters. The summed E-state index contributed by atoms with van der Waals surface area (Å²) in [6, 6.07) is 8.19. The van der Waals surface area contributed by atoms with Crippen LogP contribution in [0.2, 0.25) is 0 Å². The van der Waals surface area contributed by atoms with Gasteiger partial charge in [-0.2, -0.15) is 0 Å². The maximum absolute atomic E-state index is 4.45. The number of hydrogen-bond acceptors (Lipinski definition) is 3. The van der Waals surface area contributed by atoms with Crippen LogP contribution in [-0.4, -0.2) is 19.4 Å². The second-order valence-corrected chi connectivity index (χ2v) is 5.29. The van der Waals surface area contributed by atoms with E-state index in [0.29, 0.717) is 0 Å². The van der Waals surface area contributed by atoms with E-state index in [2.05, 4.69) is 48.3 Å². The highest BCUT2D eigenvalue weighted by molar-refractivity contribution is 9.10. The summed E-state index contributed by atoms with van der Waals surface area (Å²) in [5.74, 6) is 0.718. The Hall–Kier alpha value is -2.34. The van der Waals surface area contributed by atoms with E-state index in [0.717, 1.165) is 27.3 Å². The van der Waals surface area contributed by atoms with E-state index in [1.165, 1.54) is 5.39 Å². The molecule has 2 N–H and O–H groups in total. The fourth-order valence-corrected chi connectivity index (χ4v) is 2.65. The third-order valence-electron chi connectivity index (χ3n) is 3.16. The van der Waals surface area contributed by atoms with Gasteiger partial charge in [0.15, 0.2) is 11.5 Å². The van der Waals surface area contributed by atoms with Crippen LogP contribution >= 0.6 is 15.9 Å². The molecule has 0 unspecified atom stereocenters. The molecule has 20 heavy (non-hydrogen) atoms. The second kappa shape index (κ2) is 4.35. The van der Waals surface area contributed by atoms with Gasteiger partial charge in [-0.3, -0.25) is 0 Å². The van der Waals surface area contributed by atoms with Gasteiger partial charge in [-0.05, 0) is 39.5 Å². The van der Waals surface area contributed by atoms with Gasteiger partial charge in [-0.15, -0.1) is 0 Å². The third kappa shape index (κ3) is 1.85. The first-order valence-electron chi connectivity index (χ1n) is 6.13. The average Bonchev–Trinajstić information content (AvgIpc) is 3.05. The standard InChI is InChI=1S/C14H10BrN5/c15-12-8-20-6-5-17-14(20)13(19-12)18-10-2-1-9-3-4-16-11(9)7-10/h1-8,16H,(H,18,19). The first kappa shape index (κ1) is 11.5. The number of fused-ring (bicyclic) bond motifs is 2. The monoisotopic (exact) mass is 327 g/mol. The number of nitrogens with zero attached hydrogens (tertiary/aromatic N) is 3. The lowest BCUT2D eigenvalue weighted by Gasteiger charge is -2.07. The summed E-state index contributed by atoms with van der Waals surface area (Å²) in [6.45, 7) is 0. The van der Waals surface area contributed by atoms with Crippen molar-refractivity contribution in [2.75, 3.05) is 5.32 Å². The summed E-state index contributed by atoms with van der Waals surface area (Å²) < 4.78 is 2.68. The zero-order valence-electron chi connectivity index (χ0n) is 10.3. The van der Waals surface area contributed by atoms with Crippen LogP contribution in [0.1, 0.15) is 0 Å². The fraction of sp³-hybridized carbons (Fsp3) is 0. The molecule has 3 aromatic heterocycles. The lowest BCUT2D eigenvalue weighted by Crippen LogP contribution is -1.98. The smallest absolute Gasteiger partial charge is 0.180 e. The molecule has 4 rings (SSSR count). The van der Waals surface area contributed by atoms with Gasteiger partial charge in [0.05, 0.1) is 0 Å². The van der Waals surface area contributed by atoms with Crippen molar-refractivity contribution >= 4 is 44.0 Å². The third-order valence-corrected chi connectivity index (χ3v) is 3.54. The van der Waals surface area contributed by atoms with Crippen molar-refractivity contribution in [3.8, 4) is 0 Å². The second-order valence-electron chi connectivity index (χ2n) is 4.48. The molecule has 0 amide bonds. The van der Waals surface area contributed by atoms with Crippen LogP contribution in [-0.2, 0) is 0 Å². The van der Waals surface area contributed by atoms with Gasteiger partial charge in [0.25, 0.3) is 0 Å². The molecular formula is C14H10BrN5. The van der Waals surface area contributed by atoms with Crippen LogP contribution in [0.5, 0.6) is 0 Å². The Morgan fingerprint density at radius 2 is 2.20 bits per heavy atom. The first-order valence-corrected chi connectivity index (χ1v) is 6.92. The minimum Gasteiger partial charge on any atom is -0.361 e. The van der Waals surface area contributed by atoms with Gasteiger partial charge in [0.2, 0.25) is 0 Å². The van der Waals surface area contributed by atoms with Gasteiger partial charge in [-0.1, -0.05) is 6.07 Å². The number of anilines is 2. The number of imidazole rings is 1. The molecule has 0 aliphatic heterocycles. The fourth-order valence-electron chi connectivity index (χ4n) is 2.25.